The van der Waals surface area contributed by atoms with Gasteiger partial charge in [-0.1, -0.05) is 35.9 Å². The van der Waals surface area contributed by atoms with Crippen molar-refractivity contribution >= 4 is 11.6 Å². The van der Waals surface area contributed by atoms with E-state index in [0.29, 0.717) is 23.6 Å². The Bertz CT molecular complexity index is 533. The van der Waals surface area contributed by atoms with Gasteiger partial charge in [-0.3, -0.25) is 0 Å². The molecule has 0 heterocycles. The van der Waals surface area contributed by atoms with E-state index in [-0.39, 0.29) is 5.82 Å². The van der Waals surface area contributed by atoms with E-state index in [0.717, 1.165) is 5.75 Å². The minimum absolute atomic E-state index is 0.369. The maximum atomic E-state index is 13.6. The zero-order valence-corrected chi connectivity index (χ0v) is 11.1. The van der Waals surface area contributed by atoms with Gasteiger partial charge in [-0.15, -0.1) is 0 Å². The minimum atomic E-state index is -0.402. The molecular formula is C15H15ClFNO. The van der Waals surface area contributed by atoms with Crippen LogP contribution >= 0.6 is 11.6 Å². The average Bonchev–Trinajstić information content (AvgIpc) is 2.39. The molecule has 1 atom stereocenters. The molecule has 0 bridgehead atoms. The molecule has 2 rings (SSSR count). The Labute approximate surface area is 117 Å². The maximum Gasteiger partial charge on any atom is 0.129 e. The second-order valence-electron chi connectivity index (χ2n) is 4.22. The molecule has 2 N–H and O–H groups in total. The topological polar surface area (TPSA) is 35.2 Å². The van der Waals surface area contributed by atoms with Crippen LogP contribution in [0, 0.1) is 5.82 Å². The fourth-order valence-electron chi connectivity index (χ4n) is 1.78. The van der Waals surface area contributed by atoms with Crippen molar-refractivity contribution in [1.82, 2.24) is 0 Å². The second kappa shape index (κ2) is 6.55. The highest BCUT2D eigenvalue weighted by Gasteiger charge is 2.11. The Hall–Kier alpha value is -1.58. The number of hydrogen-bond acceptors (Lipinski definition) is 2. The first-order valence-electron chi connectivity index (χ1n) is 6.05. The summed E-state index contributed by atoms with van der Waals surface area (Å²) in [5.74, 6) is 0.408. The summed E-state index contributed by atoms with van der Waals surface area (Å²) in [7, 11) is 0. The number of rotatable bonds is 5. The summed E-state index contributed by atoms with van der Waals surface area (Å²) in [6.07, 6.45) is 0.535. The Morgan fingerprint density at radius 2 is 1.89 bits per heavy atom. The quantitative estimate of drug-likeness (QED) is 0.899. The zero-order chi connectivity index (χ0) is 13.7. The molecule has 0 aliphatic rings. The van der Waals surface area contributed by atoms with Gasteiger partial charge in [0.1, 0.15) is 11.6 Å². The van der Waals surface area contributed by atoms with E-state index in [1.165, 1.54) is 6.07 Å². The first kappa shape index (κ1) is 13.8. The van der Waals surface area contributed by atoms with E-state index in [2.05, 4.69) is 0 Å². The Morgan fingerprint density at radius 1 is 1.16 bits per heavy atom. The Morgan fingerprint density at radius 3 is 2.58 bits per heavy atom. The van der Waals surface area contributed by atoms with Crippen LogP contribution in [0.2, 0.25) is 5.02 Å². The second-order valence-corrected chi connectivity index (χ2v) is 4.66. The van der Waals surface area contributed by atoms with E-state index in [9.17, 15) is 4.39 Å². The van der Waals surface area contributed by atoms with Crippen molar-refractivity contribution in [3.8, 4) is 5.75 Å². The summed E-state index contributed by atoms with van der Waals surface area (Å²) >= 11 is 5.70. The third-order valence-corrected chi connectivity index (χ3v) is 3.04. The van der Waals surface area contributed by atoms with Crippen molar-refractivity contribution in [2.45, 2.75) is 12.5 Å². The van der Waals surface area contributed by atoms with E-state index >= 15 is 0 Å². The Balaban J connectivity index is 1.89. The van der Waals surface area contributed by atoms with Gasteiger partial charge in [0, 0.05) is 23.0 Å². The van der Waals surface area contributed by atoms with Crippen molar-refractivity contribution in [1.29, 1.82) is 0 Å². The van der Waals surface area contributed by atoms with Gasteiger partial charge in [-0.05, 0) is 24.3 Å². The van der Waals surface area contributed by atoms with Crippen LogP contribution in [0.1, 0.15) is 18.0 Å². The summed E-state index contributed by atoms with van der Waals surface area (Å²) in [4.78, 5) is 0. The fourth-order valence-corrected chi connectivity index (χ4v) is 1.94. The highest BCUT2D eigenvalue weighted by atomic mass is 35.5. The lowest BCUT2D eigenvalue weighted by atomic mass is 10.0. The van der Waals surface area contributed by atoms with Gasteiger partial charge in [0.25, 0.3) is 0 Å². The molecule has 0 saturated heterocycles. The van der Waals surface area contributed by atoms with Gasteiger partial charge in [0.05, 0.1) is 6.61 Å². The molecular weight excluding hydrogens is 265 g/mol. The van der Waals surface area contributed by atoms with Crippen LogP contribution in [-0.4, -0.2) is 6.61 Å². The molecule has 0 spiro atoms. The molecule has 0 amide bonds. The van der Waals surface area contributed by atoms with Crippen molar-refractivity contribution in [2.75, 3.05) is 6.61 Å². The predicted molar refractivity (Wildman–Crippen MR) is 74.9 cm³/mol. The molecule has 2 aromatic rings. The molecule has 2 nitrogen and oxygen atoms in total. The van der Waals surface area contributed by atoms with Gasteiger partial charge in [-0.25, -0.2) is 4.39 Å². The molecule has 0 aliphatic carbocycles. The van der Waals surface area contributed by atoms with Gasteiger partial charge >= 0.3 is 0 Å². The standard InChI is InChI=1S/C15H15ClFNO/c16-11-6-7-13(14(17)10-11)15(18)8-9-19-12-4-2-1-3-5-12/h1-7,10,15H,8-9,18H2. The summed E-state index contributed by atoms with van der Waals surface area (Å²) in [5, 5.41) is 0.369. The summed E-state index contributed by atoms with van der Waals surface area (Å²) in [5.41, 5.74) is 6.41. The zero-order valence-electron chi connectivity index (χ0n) is 10.4. The van der Waals surface area contributed by atoms with Crippen LogP contribution in [0.4, 0.5) is 4.39 Å². The van der Waals surface area contributed by atoms with Crippen molar-refractivity contribution in [3.05, 3.63) is 64.9 Å². The number of nitrogens with two attached hydrogens (primary N) is 1. The third-order valence-electron chi connectivity index (χ3n) is 2.80. The lowest BCUT2D eigenvalue weighted by Crippen LogP contribution is -2.15. The van der Waals surface area contributed by atoms with Crippen LogP contribution in [0.3, 0.4) is 0 Å². The number of halogens is 2. The summed E-state index contributed by atoms with van der Waals surface area (Å²) in [6, 6.07) is 13.6. The molecule has 19 heavy (non-hydrogen) atoms. The van der Waals surface area contributed by atoms with Crippen molar-refractivity contribution in [2.24, 2.45) is 5.73 Å². The molecule has 0 aliphatic heterocycles. The highest BCUT2D eigenvalue weighted by Crippen LogP contribution is 2.21. The number of para-hydroxylation sites is 1. The van der Waals surface area contributed by atoms with Crippen LogP contribution in [0.5, 0.6) is 5.75 Å². The van der Waals surface area contributed by atoms with Gasteiger partial charge in [0.15, 0.2) is 0 Å². The molecule has 0 fully saturated rings. The van der Waals surface area contributed by atoms with Crippen LogP contribution in [0.25, 0.3) is 0 Å². The van der Waals surface area contributed by atoms with Gasteiger partial charge in [-0.2, -0.15) is 0 Å². The van der Waals surface area contributed by atoms with Crippen LogP contribution in [-0.2, 0) is 0 Å². The van der Waals surface area contributed by atoms with E-state index in [1.807, 2.05) is 30.3 Å². The number of benzene rings is 2. The first-order valence-corrected chi connectivity index (χ1v) is 6.43. The van der Waals surface area contributed by atoms with Gasteiger partial charge in [0.2, 0.25) is 0 Å². The third kappa shape index (κ3) is 3.94. The fraction of sp³-hybridized carbons (Fsp3) is 0.200. The maximum absolute atomic E-state index is 13.6. The smallest absolute Gasteiger partial charge is 0.129 e. The summed E-state index contributed by atoms with van der Waals surface area (Å²) in [6.45, 7) is 0.438. The molecule has 0 saturated carbocycles. The molecule has 0 radical (unpaired) electrons. The van der Waals surface area contributed by atoms with Crippen LogP contribution < -0.4 is 10.5 Å². The largest absolute Gasteiger partial charge is 0.494 e. The minimum Gasteiger partial charge on any atom is -0.494 e. The summed E-state index contributed by atoms with van der Waals surface area (Å²) < 4.78 is 19.2. The molecule has 2 aromatic carbocycles. The first-order chi connectivity index (χ1) is 9.16. The van der Waals surface area contributed by atoms with Crippen molar-refractivity contribution in [3.63, 3.8) is 0 Å². The van der Waals surface area contributed by atoms with E-state index in [4.69, 9.17) is 22.1 Å². The molecule has 1 unspecified atom stereocenters. The lowest BCUT2D eigenvalue weighted by Gasteiger charge is -2.14. The molecule has 100 valence electrons. The van der Waals surface area contributed by atoms with Crippen molar-refractivity contribution < 1.29 is 9.13 Å². The monoisotopic (exact) mass is 279 g/mol. The van der Waals surface area contributed by atoms with Gasteiger partial charge < -0.3 is 10.5 Å². The molecule has 4 heteroatoms. The normalized spacial score (nSPS) is 12.2. The number of ether oxygens (including phenoxy) is 1. The molecule has 0 aromatic heterocycles. The highest BCUT2D eigenvalue weighted by molar-refractivity contribution is 6.30. The Kier molecular flexibility index (Phi) is 4.77. The lowest BCUT2D eigenvalue weighted by molar-refractivity contribution is 0.297. The SMILES string of the molecule is NC(CCOc1ccccc1)c1ccc(Cl)cc1F. The number of hydrogen-bond donors (Lipinski definition) is 1. The van der Waals surface area contributed by atoms with Crippen LogP contribution in [0.15, 0.2) is 48.5 Å². The average molecular weight is 280 g/mol. The predicted octanol–water partition coefficient (Wildman–Crippen LogP) is 3.95. The van der Waals surface area contributed by atoms with E-state index < -0.39 is 6.04 Å². The van der Waals surface area contributed by atoms with E-state index in [1.54, 1.807) is 12.1 Å².